The van der Waals surface area contributed by atoms with Crippen molar-refractivity contribution in [1.29, 1.82) is 0 Å². The first-order valence-corrected chi connectivity index (χ1v) is 8.68. The van der Waals surface area contributed by atoms with E-state index in [1.807, 2.05) is 6.92 Å². The molecule has 0 saturated carbocycles. The standard InChI is InChI=1S/C17H25NO4S/c1-5-16(19)21-11-14-6-8-15(9-7-14)18-17(20)22-10-13(4)23-12(2)3/h6-9,12-13H,5,10-11H2,1-4H3,(H,18,20). The van der Waals surface area contributed by atoms with Gasteiger partial charge in [0.15, 0.2) is 0 Å². The van der Waals surface area contributed by atoms with Gasteiger partial charge >= 0.3 is 12.1 Å². The Morgan fingerprint density at radius 3 is 2.35 bits per heavy atom. The van der Waals surface area contributed by atoms with E-state index < -0.39 is 6.09 Å². The zero-order valence-electron chi connectivity index (χ0n) is 14.1. The smallest absolute Gasteiger partial charge is 0.411 e. The SMILES string of the molecule is CCC(=O)OCc1ccc(NC(=O)OCC(C)SC(C)C)cc1. The summed E-state index contributed by atoms with van der Waals surface area (Å²) < 4.78 is 10.2. The topological polar surface area (TPSA) is 64.6 Å². The van der Waals surface area contributed by atoms with Crippen LogP contribution in [0.3, 0.4) is 0 Å². The Morgan fingerprint density at radius 2 is 1.78 bits per heavy atom. The summed E-state index contributed by atoms with van der Waals surface area (Å²) in [7, 11) is 0. The van der Waals surface area contributed by atoms with Crippen LogP contribution in [0.5, 0.6) is 0 Å². The van der Waals surface area contributed by atoms with Crippen molar-refractivity contribution in [2.24, 2.45) is 0 Å². The second-order valence-corrected chi connectivity index (χ2v) is 7.45. The molecule has 0 spiro atoms. The van der Waals surface area contributed by atoms with Gasteiger partial charge < -0.3 is 9.47 Å². The average molecular weight is 339 g/mol. The number of esters is 1. The van der Waals surface area contributed by atoms with E-state index >= 15 is 0 Å². The highest BCUT2D eigenvalue weighted by atomic mass is 32.2. The maximum Gasteiger partial charge on any atom is 0.411 e. The number of nitrogens with one attached hydrogen (secondary N) is 1. The van der Waals surface area contributed by atoms with Crippen molar-refractivity contribution in [2.75, 3.05) is 11.9 Å². The van der Waals surface area contributed by atoms with Crippen LogP contribution in [0.2, 0.25) is 0 Å². The van der Waals surface area contributed by atoms with Crippen LogP contribution < -0.4 is 5.32 Å². The first-order chi connectivity index (χ1) is 10.9. The number of carbonyl (C=O) groups excluding carboxylic acids is 2. The van der Waals surface area contributed by atoms with Crippen LogP contribution >= 0.6 is 11.8 Å². The molecule has 1 aromatic rings. The van der Waals surface area contributed by atoms with Gasteiger partial charge in [-0.3, -0.25) is 10.1 Å². The molecule has 0 aliphatic rings. The number of hydrogen-bond acceptors (Lipinski definition) is 5. The molecule has 128 valence electrons. The molecule has 1 aromatic carbocycles. The lowest BCUT2D eigenvalue weighted by Crippen LogP contribution is -2.19. The molecule has 1 atom stereocenters. The number of anilines is 1. The molecule has 1 rings (SSSR count). The number of benzene rings is 1. The van der Waals surface area contributed by atoms with Crippen LogP contribution in [-0.2, 0) is 20.9 Å². The predicted molar refractivity (Wildman–Crippen MR) is 93.7 cm³/mol. The molecule has 0 radical (unpaired) electrons. The quantitative estimate of drug-likeness (QED) is 0.718. The minimum absolute atomic E-state index is 0.232. The fourth-order valence-corrected chi connectivity index (χ4v) is 2.88. The van der Waals surface area contributed by atoms with E-state index in [9.17, 15) is 9.59 Å². The van der Waals surface area contributed by atoms with Gasteiger partial charge in [0.1, 0.15) is 13.2 Å². The van der Waals surface area contributed by atoms with E-state index in [1.54, 1.807) is 43.0 Å². The minimum Gasteiger partial charge on any atom is -0.461 e. The largest absolute Gasteiger partial charge is 0.461 e. The molecule has 0 aliphatic carbocycles. The van der Waals surface area contributed by atoms with E-state index in [0.717, 1.165) is 5.56 Å². The van der Waals surface area contributed by atoms with Crippen molar-refractivity contribution in [3.63, 3.8) is 0 Å². The molecule has 0 aliphatic heterocycles. The number of amides is 1. The van der Waals surface area contributed by atoms with E-state index in [-0.39, 0.29) is 17.8 Å². The van der Waals surface area contributed by atoms with Gasteiger partial charge in [0.05, 0.1) is 0 Å². The third-order valence-corrected chi connectivity index (χ3v) is 3.99. The molecule has 0 heterocycles. The molecule has 6 heteroatoms. The molecular formula is C17H25NO4S. The number of thioether (sulfide) groups is 1. The van der Waals surface area contributed by atoms with E-state index in [2.05, 4.69) is 19.2 Å². The molecule has 1 amide bonds. The second-order valence-electron chi connectivity index (χ2n) is 5.43. The van der Waals surface area contributed by atoms with E-state index in [4.69, 9.17) is 9.47 Å². The average Bonchev–Trinajstić information content (AvgIpc) is 2.51. The number of carbonyl (C=O) groups is 2. The predicted octanol–water partition coefficient (Wildman–Crippen LogP) is 4.22. The van der Waals surface area contributed by atoms with Crippen LogP contribution in [0.15, 0.2) is 24.3 Å². The first kappa shape index (κ1) is 19.4. The Balaban J connectivity index is 2.36. The van der Waals surface area contributed by atoms with Crippen LogP contribution in [0.25, 0.3) is 0 Å². The lowest BCUT2D eigenvalue weighted by molar-refractivity contribution is -0.144. The van der Waals surface area contributed by atoms with Crippen LogP contribution in [0.4, 0.5) is 10.5 Å². The Morgan fingerprint density at radius 1 is 1.13 bits per heavy atom. The van der Waals surface area contributed by atoms with E-state index in [0.29, 0.717) is 24.0 Å². The highest BCUT2D eigenvalue weighted by molar-refractivity contribution is 8.00. The zero-order valence-corrected chi connectivity index (χ0v) is 14.9. The van der Waals surface area contributed by atoms with E-state index in [1.165, 1.54) is 0 Å². The fraction of sp³-hybridized carbons (Fsp3) is 0.529. The zero-order chi connectivity index (χ0) is 17.2. The molecular weight excluding hydrogens is 314 g/mol. The van der Waals surface area contributed by atoms with Crippen molar-refractivity contribution < 1.29 is 19.1 Å². The normalized spacial score (nSPS) is 11.9. The van der Waals surface area contributed by atoms with Crippen molar-refractivity contribution in [1.82, 2.24) is 0 Å². The Kier molecular flexibility index (Phi) is 8.55. The summed E-state index contributed by atoms with van der Waals surface area (Å²) in [4.78, 5) is 22.8. The third kappa shape index (κ3) is 8.50. The maximum absolute atomic E-state index is 11.7. The molecule has 1 unspecified atom stereocenters. The molecule has 23 heavy (non-hydrogen) atoms. The molecule has 0 saturated heterocycles. The van der Waals surface area contributed by atoms with Gasteiger partial charge in [0.25, 0.3) is 0 Å². The number of rotatable bonds is 8. The van der Waals surface area contributed by atoms with Crippen LogP contribution in [0.1, 0.15) is 39.7 Å². The lowest BCUT2D eigenvalue weighted by atomic mass is 10.2. The van der Waals surface area contributed by atoms with Gasteiger partial charge in [-0.15, -0.1) is 0 Å². The minimum atomic E-state index is -0.466. The van der Waals surface area contributed by atoms with Crippen molar-refractivity contribution in [3.05, 3.63) is 29.8 Å². The summed E-state index contributed by atoms with van der Waals surface area (Å²) in [5.74, 6) is -0.232. The van der Waals surface area contributed by atoms with Gasteiger partial charge in [0.2, 0.25) is 0 Å². The number of ether oxygens (including phenoxy) is 2. The fourth-order valence-electron chi connectivity index (χ4n) is 1.80. The summed E-state index contributed by atoms with van der Waals surface area (Å²) in [6.07, 6.45) is -0.106. The lowest BCUT2D eigenvalue weighted by Gasteiger charge is -2.14. The molecule has 0 fully saturated rings. The van der Waals surface area contributed by atoms with Gasteiger partial charge in [-0.1, -0.05) is 32.9 Å². The van der Waals surface area contributed by atoms with Gasteiger partial charge in [0, 0.05) is 17.4 Å². The summed E-state index contributed by atoms with van der Waals surface area (Å²) >= 11 is 1.77. The summed E-state index contributed by atoms with van der Waals surface area (Å²) in [5, 5.41) is 3.44. The molecule has 0 bridgehead atoms. The third-order valence-electron chi connectivity index (χ3n) is 2.84. The summed E-state index contributed by atoms with van der Waals surface area (Å²) in [5.41, 5.74) is 1.51. The van der Waals surface area contributed by atoms with Gasteiger partial charge in [-0.05, 0) is 29.9 Å². The summed E-state index contributed by atoms with van der Waals surface area (Å²) in [6, 6.07) is 7.11. The Labute approximate surface area is 142 Å². The monoisotopic (exact) mass is 339 g/mol. The second kappa shape index (κ2) is 10.2. The molecule has 1 N–H and O–H groups in total. The number of hydrogen-bond donors (Lipinski definition) is 1. The Hall–Kier alpha value is -1.69. The van der Waals surface area contributed by atoms with Crippen molar-refractivity contribution in [3.8, 4) is 0 Å². The first-order valence-electron chi connectivity index (χ1n) is 7.74. The van der Waals surface area contributed by atoms with Gasteiger partial charge in [-0.25, -0.2) is 4.79 Å². The highest BCUT2D eigenvalue weighted by Crippen LogP contribution is 2.17. The highest BCUT2D eigenvalue weighted by Gasteiger charge is 2.09. The maximum atomic E-state index is 11.7. The Bertz CT molecular complexity index is 502. The van der Waals surface area contributed by atoms with Crippen molar-refractivity contribution >= 4 is 29.5 Å². The van der Waals surface area contributed by atoms with Crippen LogP contribution in [-0.4, -0.2) is 29.2 Å². The van der Waals surface area contributed by atoms with Gasteiger partial charge in [-0.2, -0.15) is 11.8 Å². The molecule has 5 nitrogen and oxygen atoms in total. The van der Waals surface area contributed by atoms with Crippen LogP contribution in [0, 0.1) is 0 Å². The molecule has 0 aromatic heterocycles. The summed E-state index contributed by atoms with van der Waals surface area (Å²) in [6.45, 7) is 8.62. The van der Waals surface area contributed by atoms with Crippen molar-refractivity contribution in [2.45, 2.75) is 51.2 Å².